The molecule has 0 aliphatic rings. The second-order valence-electron chi connectivity index (χ2n) is 21.0. The van der Waals surface area contributed by atoms with Gasteiger partial charge in [0, 0.05) is 32.2 Å². The van der Waals surface area contributed by atoms with Gasteiger partial charge in [-0.3, -0.25) is 14.4 Å². The van der Waals surface area contributed by atoms with Crippen LogP contribution in [-0.4, -0.2) is 87.2 Å². The maximum atomic E-state index is 13.0. The van der Waals surface area contributed by atoms with Gasteiger partial charge in [-0.1, -0.05) is 183 Å². The third kappa shape index (κ3) is 47.4. The molecule has 0 saturated carbocycles. The zero-order valence-electron chi connectivity index (χ0n) is 48.9. The van der Waals surface area contributed by atoms with Crippen molar-refractivity contribution >= 4 is 24.1 Å². The van der Waals surface area contributed by atoms with E-state index in [9.17, 15) is 19.2 Å². The molecule has 73 heavy (non-hydrogen) atoms. The summed E-state index contributed by atoms with van der Waals surface area (Å²) in [5.41, 5.74) is 0. The molecule has 0 saturated heterocycles. The van der Waals surface area contributed by atoms with E-state index in [2.05, 4.69) is 46.4 Å². The highest BCUT2D eigenvalue weighted by Gasteiger charge is 2.19. The second kappa shape index (κ2) is 54.0. The second-order valence-corrected chi connectivity index (χ2v) is 21.0. The van der Waals surface area contributed by atoms with Gasteiger partial charge in [-0.2, -0.15) is 0 Å². The minimum absolute atomic E-state index is 0.00316. The molecule has 0 spiro atoms. The van der Waals surface area contributed by atoms with E-state index in [0.717, 1.165) is 102 Å². The van der Waals surface area contributed by atoms with E-state index in [1.165, 1.54) is 128 Å². The monoisotopic (exact) mass is 1040 g/mol. The zero-order valence-corrected chi connectivity index (χ0v) is 48.9. The summed E-state index contributed by atoms with van der Waals surface area (Å²) in [4.78, 5) is 53.6. The summed E-state index contributed by atoms with van der Waals surface area (Å²) >= 11 is 0. The molecule has 1 atom stereocenters. The Balaban J connectivity index is 5.05. The first-order chi connectivity index (χ1) is 35.6. The fourth-order valence-corrected chi connectivity index (χ4v) is 9.25. The molecule has 1 unspecified atom stereocenters. The number of nitrogens with zero attached hydrogens (tertiary/aromatic N) is 1. The Hall–Kier alpha value is -2.82. The number of hydrogen-bond acceptors (Lipinski definition) is 11. The smallest absolute Gasteiger partial charge is 0.498 e. The van der Waals surface area contributed by atoms with Gasteiger partial charge in [0.1, 0.15) is 25.4 Å². The zero-order chi connectivity index (χ0) is 53.7. The molecule has 0 bridgehead atoms. The first kappa shape index (κ1) is 70.2. The number of unbranched alkanes of at least 4 members (excludes halogenated alkanes) is 24. The van der Waals surface area contributed by atoms with E-state index >= 15 is 0 Å². The number of carbonyl (C=O) groups is 4. The number of ether oxygens (including phenoxy) is 6. The maximum Gasteiger partial charge on any atom is 0.508 e. The summed E-state index contributed by atoms with van der Waals surface area (Å²) in [6, 6.07) is 0. The molecule has 0 N–H and O–H groups in total. The Morgan fingerprint density at radius 2 is 0.740 bits per heavy atom. The number of esters is 3. The summed E-state index contributed by atoms with van der Waals surface area (Å²) in [6.07, 6.45) is 41.6. The van der Waals surface area contributed by atoms with Crippen molar-refractivity contribution in [2.75, 3.05) is 46.1 Å². The molecule has 0 radical (unpaired) electrons. The van der Waals surface area contributed by atoms with E-state index in [1.807, 2.05) is 13.0 Å². The number of carbonyl (C=O) groups excluding carboxylic acids is 4. The van der Waals surface area contributed by atoms with Crippen LogP contribution in [0.25, 0.3) is 0 Å². The predicted molar refractivity (Wildman–Crippen MR) is 302 cm³/mol. The molecule has 0 amide bonds. The average Bonchev–Trinajstić information content (AvgIpc) is 3.38. The molecule has 0 aliphatic carbocycles. The average molecular weight is 1040 g/mol. The van der Waals surface area contributed by atoms with Gasteiger partial charge >= 0.3 is 24.1 Å². The molecular weight excluding hydrogens is 919 g/mol. The summed E-state index contributed by atoms with van der Waals surface area (Å²) in [7, 11) is 0. The molecule has 0 fully saturated rings. The van der Waals surface area contributed by atoms with Crippen molar-refractivity contribution in [1.82, 2.24) is 4.90 Å². The van der Waals surface area contributed by atoms with E-state index in [0.29, 0.717) is 38.5 Å². The van der Waals surface area contributed by atoms with Crippen molar-refractivity contribution in [1.29, 1.82) is 0 Å². The summed E-state index contributed by atoms with van der Waals surface area (Å²) in [5, 5.41) is 0. The SMILES string of the molecule is C/C=C(/CCCCCC(=O)OC(CCCCCCCC)CCCCCCCC)OCC(COC(=O)CCCCCC(=O)OC(CCCCCCCC)CCCCCCCC)COC(=O)OCCCN(CC)CC. The van der Waals surface area contributed by atoms with E-state index in [-0.39, 0.29) is 63.0 Å². The Bertz CT molecular complexity index is 1260. The van der Waals surface area contributed by atoms with Gasteiger partial charge in [-0.05, 0) is 110 Å². The lowest BCUT2D eigenvalue weighted by atomic mass is 10.0. The first-order valence-corrected chi connectivity index (χ1v) is 31.0. The standard InChI is InChI=1S/C62H117NO10/c1-8-15-19-23-27-33-43-57(44-34-28-24-20-16-9-2)72-60(65)48-39-31-37-42-56(12-5)69-52-55(54-71-62(67)68-51-41-50-63(13-6)14-7)53-70-59(64)47-38-32-40-49-61(66)73-58(45-35-29-25-21-17-10-3)46-36-30-26-22-18-11-4/h12,55,57-58H,8-11,13-54H2,1-7H3/b56-12-. The molecular formula is C62H117NO10. The van der Waals surface area contributed by atoms with E-state index in [1.54, 1.807) is 0 Å². The summed E-state index contributed by atoms with van der Waals surface area (Å²) in [5.74, 6) is -0.120. The maximum absolute atomic E-state index is 13.0. The van der Waals surface area contributed by atoms with E-state index in [4.69, 9.17) is 28.4 Å². The fraction of sp³-hybridized carbons (Fsp3) is 0.903. The molecule has 0 heterocycles. The van der Waals surface area contributed by atoms with Crippen LogP contribution in [0.5, 0.6) is 0 Å². The third-order valence-corrected chi connectivity index (χ3v) is 14.2. The molecule has 0 aromatic carbocycles. The quantitative estimate of drug-likeness (QED) is 0.0250. The van der Waals surface area contributed by atoms with Crippen LogP contribution in [0, 0.1) is 5.92 Å². The first-order valence-electron chi connectivity index (χ1n) is 31.0. The molecule has 11 heteroatoms. The topological polar surface area (TPSA) is 127 Å². The Kier molecular flexibility index (Phi) is 51.9. The molecule has 430 valence electrons. The molecule has 0 aromatic heterocycles. The molecule has 11 nitrogen and oxygen atoms in total. The number of hydrogen-bond donors (Lipinski definition) is 0. The minimum Gasteiger partial charge on any atom is -0.498 e. The molecule has 0 rings (SSSR count). The van der Waals surface area contributed by atoms with Gasteiger partial charge < -0.3 is 33.3 Å². The van der Waals surface area contributed by atoms with Crippen molar-refractivity contribution in [2.45, 2.75) is 311 Å². The summed E-state index contributed by atoms with van der Waals surface area (Å²) < 4.78 is 34.9. The van der Waals surface area contributed by atoms with Crippen molar-refractivity contribution in [3.05, 3.63) is 11.8 Å². The lowest BCUT2D eigenvalue weighted by Crippen LogP contribution is -2.26. The van der Waals surface area contributed by atoms with Gasteiger partial charge in [-0.25, -0.2) is 4.79 Å². The van der Waals surface area contributed by atoms with Gasteiger partial charge in [-0.15, -0.1) is 0 Å². The largest absolute Gasteiger partial charge is 0.508 e. The third-order valence-electron chi connectivity index (χ3n) is 14.2. The summed E-state index contributed by atoms with van der Waals surface area (Å²) in [6.45, 7) is 18.3. The number of allylic oxidation sites excluding steroid dienone is 2. The van der Waals surface area contributed by atoms with Crippen LogP contribution < -0.4 is 0 Å². The highest BCUT2D eigenvalue weighted by atomic mass is 16.7. The van der Waals surface area contributed by atoms with Crippen LogP contribution in [0.1, 0.15) is 299 Å². The van der Waals surface area contributed by atoms with Crippen LogP contribution in [0.4, 0.5) is 4.79 Å². The predicted octanol–water partition coefficient (Wildman–Crippen LogP) is 17.7. The van der Waals surface area contributed by atoms with Crippen LogP contribution >= 0.6 is 0 Å². The fourth-order valence-electron chi connectivity index (χ4n) is 9.25. The lowest BCUT2D eigenvalue weighted by Gasteiger charge is -2.20. The number of rotatable bonds is 55. The van der Waals surface area contributed by atoms with Gasteiger partial charge in [0.05, 0.1) is 24.9 Å². The van der Waals surface area contributed by atoms with Crippen LogP contribution in [0.15, 0.2) is 11.8 Å². The van der Waals surface area contributed by atoms with Crippen LogP contribution in [-0.2, 0) is 42.8 Å². The van der Waals surface area contributed by atoms with Gasteiger partial charge in [0.15, 0.2) is 0 Å². The minimum atomic E-state index is -0.744. The van der Waals surface area contributed by atoms with Crippen molar-refractivity contribution in [3.8, 4) is 0 Å². The Morgan fingerprint density at radius 3 is 1.15 bits per heavy atom. The van der Waals surface area contributed by atoms with Gasteiger partial charge in [0.25, 0.3) is 0 Å². The Morgan fingerprint density at radius 1 is 0.384 bits per heavy atom. The lowest BCUT2D eigenvalue weighted by molar-refractivity contribution is -0.151. The molecule has 0 aromatic rings. The molecule has 0 aliphatic heterocycles. The van der Waals surface area contributed by atoms with Crippen molar-refractivity contribution in [2.24, 2.45) is 5.92 Å². The highest BCUT2D eigenvalue weighted by Crippen LogP contribution is 2.21. The van der Waals surface area contributed by atoms with Gasteiger partial charge in [0.2, 0.25) is 0 Å². The van der Waals surface area contributed by atoms with Crippen molar-refractivity contribution < 1.29 is 47.6 Å². The Labute approximate surface area is 449 Å². The van der Waals surface area contributed by atoms with Crippen LogP contribution in [0.2, 0.25) is 0 Å². The van der Waals surface area contributed by atoms with E-state index < -0.39 is 12.1 Å². The van der Waals surface area contributed by atoms with Crippen LogP contribution in [0.3, 0.4) is 0 Å². The normalized spacial score (nSPS) is 12.2. The highest BCUT2D eigenvalue weighted by molar-refractivity contribution is 5.70. The van der Waals surface area contributed by atoms with Crippen molar-refractivity contribution in [3.63, 3.8) is 0 Å².